The zero-order valence-corrected chi connectivity index (χ0v) is 12.0. The fourth-order valence-electron chi connectivity index (χ4n) is 2.02. The summed E-state index contributed by atoms with van der Waals surface area (Å²) in [6, 6.07) is 2.19. The lowest BCUT2D eigenvalue weighted by atomic mass is 10.4. The molecule has 7 nitrogen and oxygen atoms in total. The van der Waals surface area contributed by atoms with E-state index >= 15 is 0 Å². The summed E-state index contributed by atoms with van der Waals surface area (Å²) in [6.07, 6.45) is 1.18. The number of nitrogen functional groups attached to an aromatic ring is 1. The lowest BCUT2D eigenvalue weighted by Crippen LogP contribution is -2.49. The van der Waals surface area contributed by atoms with Crippen molar-refractivity contribution in [2.45, 2.75) is 17.9 Å². The van der Waals surface area contributed by atoms with Crippen LogP contribution in [0.2, 0.25) is 0 Å². The summed E-state index contributed by atoms with van der Waals surface area (Å²) in [5.41, 5.74) is 5.41. The minimum atomic E-state index is -3.73. The highest BCUT2D eigenvalue weighted by Crippen LogP contribution is 2.22. The van der Waals surface area contributed by atoms with E-state index < -0.39 is 25.9 Å². The zero-order chi connectivity index (χ0) is 14.3. The number of hydrogen-bond donors (Lipinski definition) is 1. The Bertz CT molecular complexity index is 667. The average Bonchev–Trinajstić information content (AvgIpc) is 2.27. The van der Waals surface area contributed by atoms with E-state index in [1.165, 1.54) is 22.6 Å². The monoisotopic (exact) mass is 305 g/mol. The van der Waals surface area contributed by atoms with Gasteiger partial charge in [0.25, 0.3) is 0 Å². The number of aromatic nitrogens is 1. The van der Waals surface area contributed by atoms with Crippen molar-refractivity contribution >= 4 is 25.7 Å². The molecule has 1 aliphatic rings. The van der Waals surface area contributed by atoms with E-state index in [4.69, 9.17) is 5.73 Å². The fraction of sp³-hybridized carbons (Fsp3) is 0.500. The van der Waals surface area contributed by atoms with Gasteiger partial charge < -0.3 is 5.73 Å². The van der Waals surface area contributed by atoms with Crippen molar-refractivity contribution in [1.82, 2.24) is 9.29 Å². The molecular formula is C10H15N3O4S2. The Kier molecular flexibility index (Phi) is 3.54. The second kappa shape index (κ2) is 4.73. The lowest BCUT2D eigenvalue weighted by molar-refractivity contribution is 0.356. The largest absolute Gasteiger partial charge is 0.384 e. The molecular weight excluding hydrogens is 290 g/mol. The molecule has 2 N–H and O–H groups in total. The van der Waals surface area contributed by atoms with Gasteiger partial charge in [-0.15, -0.1) is 0 Å². The molecule has 0 aromatic carbocycles. The van der Waals surface area contributed by atoms with Gasteiger partial charge in [0.1, 0.15) is 10.7 Å². The maximum absolute atomic E-state index is 12.4. The Morgan fingerprint density at radius 3 is 2.63 bits per heavy atom. The van der Waals surface area contributed by atoms with Crippen molar-refractivity contribution in [3.63, 3.8) is 0 Å². The van der Waals surface area contributed by atoms with E-state index in [2.05, 4.69) is 4.98 Å². The van der Waals surface area contributed by atoms with Crippen LogP contribution < -0.4 is 5.73 Å². The molecule has 0 radical (unpaired) electrons. The van der Waals surface area contributed by atoms with E-state index in [1.54, 1.807) is 6.92 Å². The van der Waals surface area contributed by atoms with Crippen LogP contribution in [0.3, 0.4) is 0 Å². The van der Waals surface area contributed by atoms with E-state index in [0.717, 1.165) is 0 Å². The fourth-order valence-corrected chi connectivity index (χ4v) is 5.36. The topological polar surface area (TPSA) is 110 Å². The third-order valence-corrected chi connectivity index (χ3v) is 6.77. The summed E-state index contributed by atoms with van der Waals surface area (Å²) in [5.74, 6) is -0.0821. The lowest BCUT2D eigenvalue weighted by Gasteiger charge is -2.31. The maximum Gasteiger partial charge on any atom is 0.244 e. The summed E-state index contributed by atoms with van der Waals surface area (Å²) in [5, 5.41) is 0. The normalized spacial score (nSPS) is 24.2. The third-order valence-electron chi connectivity index (χ3n) is 2.98. The third kappa shape index (κ3) is 2.88. The van der Waals surface area contributed by atoms with Gasteiger partial charge in [-0.2, -0.15) is 4.31 Å². The number of sulfonamides is 1. The number of hydrogen-bond acceptors (Lipinski definition) is 6. The Hall–Kier alpha value is -1.19. The number of anilines is 1. The summed E-state index contributed by atoms with van der Waals surface area (Å²) < 4.78 is 48.9. The molecule has 9 heteroatoms. The van der Waals surface area contributed by atoms with Crippen LogP contribution in [0.5, 0.6) is 0 Å². The summed E-state index contributed by atoms with van der Waals surface area (Å²) in [4.78, 5) is 3.77. The second-order valence-electron chi connectivity index (χ2n) is 4.50. The summed E-state index contributed by atoms with van der Waals surface area (Å²) in [7, 11) is -6.88. The van der Waals surface area contributed by atoms with Crippen LogP contribution in [-0.4, -0.2) is 50.2 Å². The molecule has 106 valence electrons. The van der Waals surface area contributed by atoms with E-state index in [-0.39, 0.29) is 28.8 Å². The molecule has 0 amide bonds. The average molecular weight is 305 g/mol. The van der Waals surface area contributed by atoms with Crippen LogP contribution in [0.1, 0.15) is 6.92 Å². The van der Waals surface area contributed by atoms with Crippen LogP contribution in [0.15, 0.2) is 23.2 Å². The van der Waals surface area contributed by atoms with Crippen LogP contribution in [0, 0.1) is 0 Å². The SMILES string of the molecule is CC1CS(=O)(=O)CCN1S(=O)(=O)c1ccc(N)nc1. The van der Waals surface area contributed by atoms with Crippen molar-refractivity contribution in [3.8, 4) is 0 Å². The highest BCUT2D eigenvalue weighted by molar-refractivity contribution is 7.92. The zero-order valence-electron chi connectivity index (χ0n) is 10.4. The highest BCUT2D eigenvalue weighted by atomic mass is 32.2. The van der Waals surface area contributed by atoms with Gasteiger partial charge in [-0.25, -0.2) is 21.8 Å². The molecule has 2 heterocycles. The van der Waals surface area contributed by atoms with Gasteiger partial charge >= 0.3 is 0 Å². The van der Waals surface area contributed by atoms with Gasteiger partial charge in [0.2, 0.25) is 10.0 Å². The maximum atomic E-state index is 12.4. The Labute approximate surface area is 112 Å². The number of nitrogens with two attached hydrogens (primary N) is 1. The van der Waals surface area contributed by atoms with Gasteiger partial charge in [0, 0.05) is 18.8 Å². The minimum absolute atomic E-state index is 0.0212. The van der Waals surface area contributed by atoms with Gasteiger partial charge in [-0.3, -0.25) is 0 Å². The second-order valence-corrected chi connectivity index (χ2v) is 8.62. The predicted octanol–water partition coefficient (Wildman–Crippen LogP) is -0.529. The Morgan fingerprint density at radius 1 is 1.42 bits per heavy atom. The molecule has 0 spiro atoms. The number of pyridine rings is 1. The minimum Gasteiger partial charge on any atom is -0.384 e. The molecule has 1 aromatic rings. The molecule has 0 bridgehead atoms. The first-order chi connectivity index (χ1) is 8.72. The summed E-state index contributed by atoms with van der Waals surface area (Å²) in [6.45, 7) is 1.55. The standard InChI is InChI=1S/C10H15N3O4S2/c1-8-7-18(14,15)5-4-13(8)19(16,17)9-2-3-10(11)12-6-9/h2-3,6,8H,4-5,7H2,1H3,(H2,11,12). The van der Waals surface area contributed by atoms with Gasteiger partial charge in [0.05, 0.1) is 11.5 Å². The van der Waals surface area contributed by atoms with Crippen LogP contribution >= 0.6 is 0 Å². The van der Waals surface area contributed by atoms with E-state index in [0.29, 0.717) is 0 Å². The molecule has 0 aliphatic carbocycles. The smallest absolute Gasteiger partial charge is 0.244 e. The van der Waals surface area contributed by atoms with Crippen molar-refractivity contribution < 1.29 is 16.8 Å². The molecule has 19 heavy (non-hydrogen) atoms. The van der Waals surface area contributed by atoms with Crippen molar-refractivity contribution in [3.05, 3.63) is 18.3 Å². The Balaban J connectivity index is 2.33. The van der Waals surface area contributed by atoms with Gasteiger partial charge in [-0.1, -0.05) is 0 Å². The molecule has 2 rings (SSSR count). The molecule has 1 atom stereocenters. The van der Waals surface area contributed by atoms with E-state index in [9.17, 15) is 16.8 Å². The number of rotatable bonds is 2. The first-order valence-electron chi connectivity index (χ1n) is 5.66. The molecule has 0 saturated carbocycles. The number of nitrogens with zero attached hydrogens (tertiary/aromatic N) is 2. The van der Waals surface area contributed by atoms with Crippen LogP contribution in [0.4, 0.5) is 5.82 Å². The molecule has 1 fully saturated rings. The van der Waals surface area contributed by atoms with Crippen LogP contribution in [0.25, 0.3) is 0 Å². The predicted molar refractivity (Wildman–Crippen MR) is 70.7 cm³/mol. The van der Waals surface area contributed by atoms with E-state index in [1.807, 2.05) is 0 Å². The van der Waals surface area contributed by atoms with Crippen molar-refractivity contribution in [1.29, 1.82) is 0 Å². The van der Waals surface area contributed by atoms with Crippen molar-refractivity contribution in [2.24, 2.45) is 0 Å². The summed E-state index contributed by atoms with van der Waals surface area (Å²) >= 11 is 0. The van der Waals surface area contributed by atoms with Crippen LogP contribution in [-0.2, 0) is 19.9 Å². The molecule has 1 saturated heterocycles. The quantitative estimate of drug-likeness (QED) is 0.786. The molecule has 1 aliphatic heterocycles. The first kappa shape index (κ1) is 14.2. The Morgan fingerprint density at radius 2 is 2.11 bits per heavy atom. The molecule has 1 unspecified atom stereocenters. The van der Waals surface area contributed by atoms with Gasteiger partial charge in [-0.05, 0) is 19.1 Å². The molecule has 1 aromatic heterocycles. The first-order valence-corrected chi connectivity index (χ1v) is 8.92. The van der Waals surface area contributed by atoms with Gasteiger partial charge in [0.15, 0.2) is 9.84 Å². The van der Waals surface area contributed by atoms with Crippen molar-refractivity contribution in [2.75, 3.05) is 23.8 Å². The highest BCUT2D eigenvalue weighted by Gasteiger charge is 2.36. The number of sulfone groups is 1.